The molecule has 2 rings (SSSR count). The molecule has 1 aliphatic heterocycles. The van der Waals surface area contributed by atoms with Gasteiger partial charge in [-0.05, 0) is 36.6 Å². The predicted octanol–water partition coefficient (Wildman–Crippen LogP) is 2.26. The number of hydrogen-bond donors (Lipinski definition) is 0. The van der Waals surface area contributed by atoms with Crippen LogP contribution in [0.4, 0.5) is 0 Å². The van der Waals surface area contributed by atoms with E-state index in [4.69, 9.17) is 4.74 Å². The first-order valence-electron chi connectivity index (χ1n) is 5.14. The maximum absolute atomic E-state index is 12.0. The van der Waals surface area contributed by atoms with Crippen molar-refractivity contribution >= 4 is 25.8 Å². The van der Waals surface area contributed by atoms with Crippen LogP contribution in [0.5, 0.6) is 0 Å². The van der Waals surface area contributed by atoms with E-state index in [0.29, 0.717) is 18.1 Å². The van der Waals surface area contributed by atoms with Crippen molar-refractivity contribution in [2.75, 3.05) is 19.0 Å². The minimum absolute atomic E-state index is 0.147. The second-order valence-corrected chi connectivity index (χ2v) is 6.91. The highest BCUT2D eigenvalue weighted by Crippen LogP contribution is 2.21. The molecular weight excluding hydrogens is 292 g/mol. The number of hydrogen-bond acceptors (Lipinski definition) is 3. The molecule has 0 spiro atoms. The zero-order valence-corrected chi connectivity index (χ0v) is 11.1. The maximum Gasteiger partial charge on any atom is 0.178 e. The van der Waals surface area contributed by atoms with E-state index < -0.39 is 9.84 Å². The molecule has 1 saturated heterocycles. The summed E-state index contributed by atoms with van der Waals surface area (Å²) < 4.78 is 30.1. The Morgan fingerprint density at radius 2 is 2.00 bits per heavy atom. The molecule has 0 bridgehead atoms. The lowest BCUT2D eigenvalue weighted by Gasteiger charge is -2.08. The lowest BCUT2D eigenvalue weighted by molar-refractivity contribution is 0.188. The van der Waals surface area contributed by atoms with Crippen LogP contribution in [0.15, 0.2) is 33.6 Å². The second-order valence-electron chi connectivity index (χ2n) is 3.96. The van der Waals surface area contributed by atoms with Crippen LogP contribution in [-0.2, 0) is 14.6 Å². The zero-order valence-electron chi connectivity index (χ0n) is 8.73. The third-order valence-electron chi connectivity index (χ3n) is 2.65. The van der Waals surface area contributed by atoms with E-state index in [1.165, 1.54) is 0 Å². The van der Waals surface area contributed by atoms with Gasteiger partial charge in [-0.25, -0.2) is 8.42 Å². The van der Waals surface area contributed by atoms with Crippen LogP contribution in [0.25, 0.3) is 0 Å². The van der Waals surface area contributed by atoms with E-state index in [1.807, 2.05) is 0 Å². The normalized spacial score (nSPS) is 21.2. The molecule has 1 aromatic rings. The summed E-state index contributed by atoms with van der Waals surface area (Å²) in [6, 6.07) is 6.76. The Hall–Kier alpha value is -0.390. The number of sulfone groups is 1. The molecular formula is C11H13BrO3S. The Morgan fingerprint density at radius 1 is 1.31 bits per heavy atom. The average molecular weight is 305 g/mol. The number of ether oxygens (including phenoxy) is 1. The molecule has 1 aromatic carbocycles. The molecule has 1 aliphatic rings. The number of rotatable bonds is 3. The van der Waals surface area contributed by atoms with E-state index in [-0.39, 0.29) is 11.7 Å². The van der Waals surface area contributed by atoms with Gasteiger partial charge in [-0.15, -0.1) is 0 Å². The molecule has 0 unspecified atom stereocenters. The van der Waals surface area contributed by atoms with Gasteiger partial charge in [0.05, 0.1) is 17.3 Å². The third kappa shape index (κ3) is 2.84. The van der Waals surface area contributed by atoms with Crippen LogP contribution in [0.1, 0.15) is 6.42 Å². The van der Waals surface area contributed by atoms with Crippen molar-refractivity contribution < 1.29 is 13.2 Å². The smallest absolute Gasteiger partial charge is 0.178 e. The van der Waals surface area contributed by atoms with Crippen LogP contribution in [0.2, 0.25) is 0 Å². The van der Waals surface area contributed by atoms with Gasteiger partial charge in [-0.3, -0.25) is 0 Å². The molecule has 1 atom stereocenters. The molecule has 0 amide bonds. The van der Waals surface area contributed by atoms with Gasteiger partial charge in [0.2, 0.25) is 0 Å². The van der Waals surface area contributed by atoms with Gasteiger partial charge in [0.1, 0.15) is 0 Å². The van der Waals surface area contributed by atoms with E-state index in [2.05, 4.69) is 15.9 Å². The minimum atomic E-state index is -3.16. The number of benzene rings is 1. The van der Waals surface area contributed by atoms with Crippen molar-refractivity contribution in [2.24, 2.45) is 5.92 Å². The molecule has 0 saturated carbocycles. The summed E-state index contributed by atoms with van der Waals surface area (Å²) in [5.41, 5.74) is 0. The van der Waals surface area contributed by atoms with Crippen LogP contribution < -0.4 is 0 Å². The molecule has 0 N–H and O–H groups in total. The topological polar surface area (TPSA) is 43.4 Å². The summed E-state index contributed by atoms with van der Waals surface area (Å²) in [4.78, 5) is 0.391. The Kier molecular flexibility index (Phi) is 3.66. The standard InChI is InChI=1S/C11H13BrO3S/c12-10-1-3-11(4-2-10)16(13,14)8-9-5-6-15-7-9/h1-4,9H,5-8H2/t9-/m0/s1. The summed E-state index contributed by atoms with van der Waals surface area (Å²) in [7, 11) is -3.16. The van der Waals surface area contributed by atoms with E-state index in [0.717, 1.165) is 10.9 Å². The van der Waals surface area contributed by atoms with Gasteiger partial charge in [0.25, 0.3) is 0 Å². The molecule has 1 fully saturated rings. The fraction of sp³-hybridized carbons (Fsp3) is 0.455. The van der Waals surface area contributed by atoms with Crippen molar-refractivity contribution in [1.29, 1.82) is 0 Å². The van der Waals surface area contributed by atoms with Crippen LogP contribution in [0.3, 0.4) is 0 Å². The van der Waals surface area contributed by atoms with Gasteiger partial charge >= 0.3 is 0 Å². The van der Waals surface area contributed by atoms with Gasteiger partial charge in [0.15, 0.2) is 9.84 Å². The Labute approximate surface area is 104 Å². The highest BCUT2D eigenvalue weighted by Gasteiger charge is 2.24. The summed E-state index contributed by atoms with van der Waals surface area (Å²) in [6.07, 6.45) is 0.843. The summed E-state index contributed by atoms with van der Waals surface area (Å²) in [5, 5.41) is 0. The fourth-order valence-corrected chi connectivity index (χ4v) is 3.65. The Bertz CT molecular complexity index is 447. The molecule has 5 heteroatoms. The molecule has 0 radical (unpaired) electrons. The van der Waals surface area contributed by atoms with Crippen molar-refractivity contribution in [1.82, 2.24) is 0 Å². The summed E-state index contributed by atoms with van der Waals surface area (Å²) in [6.45, 7) is 1.25. The van der Waals surface area contributed by atoms with Crippen molar-refractivity contribution in [2.45, 2.75) is 11.3 Å². The zero-order chi connectivity index (χ0) is 11.6. The highest BCUT2D eigenvalue weighted by molar-refractivity contribution is 9.10. The van der Waals surface area contributed by atoms with Crippen LogP contribution in [0, 0.1) is 5.92 Å². The van der Waals surface area contributed by atoms with Gasteiger partial charge in [-0.2, -0.15) is 0 Å². The minimum Gasteiger partial charge on any atom is -0.381 e. The molecule has 0 aliphatic carbocycles. The monoisotopic (exact) mass is 304 g/mol. The van der Waals surface area contributed by atoms with Crippen molar-refractivity contribution in [3.63, 3.8) is 0 Å². The lowest BCUT2D eigenvalue weighted by atomic mass is 10.2. The van der Waals surface area contributed by atoms with Gasteiger partial charge in [-0.1, -0.05) is 15.9 Å². The summed E-state index contributed by atoms with van der Waals surface area (Å²) in [5.74, 6) is 0.336. The van der Waals surface area contributed by atoms with Crippen LogP contribution in [-0.4, -0.2) is 27.4 Å². The first-order chi connectivity index (χ1) is 7.58. The van der Waals surface area contributed by atoms with Gasteiger partial charge in [0, 0.05) is 11.1 Å². The summed E-state index contributed by atoms with van der Waals surface area (Å²) >= 11 is 3.29. The quantitative estimate of drug-likeness (QED) is 0.860. The maximum atomic E-state index is 12.0. The Morgan fingerprint density at radius 3 is 2.56 bits per heavy atom. The SMILES string of the molecule is O=S(=O)(C[C@H]1CCOC1)c1ccc(Br)cc1. The third-order valence-corrected chi connectivity index (χ3v) is 5.08. The number of halogens is 1. The lowest BCUT2D eigenvalue weighted by Crippen LogP contribution is -2.16. The Balaban J connectivity index is 2.14. The highest BCUT2D eigenvalue weighted by atomic mass is 79.9. The van der Waals surface area contributed by atoms with Crippen molar-refractivity contribution in [3.8, 4) is 0 Å². The molecule has 16 heavy (non-hydrogen) atoms. The molecule has 0 aromatic heterocycles. The van der Waals surface area contributed by atoms with E-state index in [9.17, 15) is 8.42 Å². The van der Waals surface area contributed by atoms with E-state index >= 15 is 0 Å². The average Bonchev–Trinajstić information content (AvgIpc) is 2.70. The second kappa shape index (κ2) is 4.85. The van der Waals surface area contributed by atoms with Crippen molar-refractivity contribution in [3.05, 3.63) is 28.7 Å². The predicted molar refractivity (Wildman–Crippen MR) is 65.1 cm³/mol. The molecule has 88 valence electrons. The van der Waals surface area contributed by atoms with Gasteiger partial charge < -0.3 is 4.74 Å². The van der Waals surface area contributed by atoms with Crippen LogP contribution >= 0.6 is 15.9 Å². The molecule has 1 heterocycles. The first-order valence-corrected chi connectivity index (χ1v) is 7.58. The first kappa shape index (κ1) is 12.1. The largest absolute Gasteiger partial charge is 0.381 e. The molecule has 3 nitrogen and oxygen atoms in total. The fourth-order valence-electron chi connectivity index (χ4n) is 1.76. The van der Waals surface area contributed by atoms with E-state index in [1.54, 1.807) is 24.3 Å².